The largest absolute Gasteiger partial charge is 0.475 e. The number of amides is 1. The highest BCUT2D eigenvalue weighted by atomic mass is 16.4. The number of furan rings is 1. The lowest BCUT2D eigenvalue weighted by atomic mass is 10.0. The third-order valence-electron chi connectivity index (χ3n) is 3.44. The molecule has 1 saturated carbocycles. The molecule has 0 saturated heterocycles. The fourth-order valence-corrected chi connectivity index (χ4v) is 2.46. The highest BCUT2D eigenvalue weighted by molar-refractivity contribution is 5.93. The SMILES string of the molecule is CN(CC1(O)CCCC1)C(=O)c1ccc(C(=O)O)o1. The number of carboxylic acids is 1. The molecule has 1 amide bonds. The van der Waals surface area contributed by atoms with Crippen LogP contribution in [-0.4, -0.2) is 46.2 Å². The molecule has 0 atom stereocenters. The van der Waals surface area contributed by atoms with Crippen molar-refractivity contribution in [1.29, 1.82) is 0 Å². The van der Waals surface area contributed by atoms with Gasteiger partial charge in [0, 0.05) is 13.6 Å². The molecule has 1 fully saturated rings. The Bertz CT molecular complexity index is 487. The van der Waals surface area contributed by atoms with Crippen LogP contribution in [0.3, 0.4) is 0 Å². The van der Waals surface area contributed by atoms with Crippen LogP contribution in [-0.2, 0) is 0 Å². The molecule has 0 bridgehead atoms. The van der Waals surface area contributed by atoms with Gasteiger partial charge >= 0.3 is 5.97 Å². The van der Waals surface area contributed by atoms with Crippen molar-refractivity contribution in [3.63, 3.8) is 0 Å². The zero-order valence-electron chi connectivity index (χ0n) is 10.8. The lowest BCUT2D eigenvalue weighted by Crippen LogP contribution is -2.41. The zero-order chi connectivity index (χ0) is 14.0. The Morgan fingerprint density at radius 3 is 2.42 bits per heavy atom. The molecule has 1 aromatic heterocycles. The van der Waals surface area contributed by atoms with E-state index in [1.54, 1.807) is 7.05 Å². The number of aliphatic hydroxyl groups is 1. The molecule has 0 aliphatic heterocycles. The first-order chi connectivity index (χ1) is 8.91. The lowest BCUT2D eigenvalue weighted by Gasteiger charge is -2.28. The second-order valence-corrected chi connectivity index (χ2v) is 5.06. The topological polar surface area (TPSA) is 91.0 Å². The Kier molecular flexibility index (Phi) is 3.61. The second kappa shape index (κ2) is 5.05. The van der Waals surface area contributed by atoms with Crippen LogP contribution >= 0.6 is 0 Å². The summed E-state index contributed by atoms with van der Waals surface area (Å²) < 4.78 is 4.95. The van der Waals surface area contributed by atoms with Crippen LogP contribution in [0.15, 0.2) is 16.5 Å². The van der Waals surface area contributed by atoms with Crippen molar-refractivity contribution in [3.8, 4) is 0 Å². The van der Waals surface area contributed by atoms with E-state index >= 15 is 0 Å². The Morgan fingerprint density at radius 2 is 1.89 bits per heavy atom. The summed E-state index contributed by atoms with van der Waals surface area (Å²) in [6.07, 6.45) is 3.29. The number of aromatic carboxylic acids is 1. The van der Waals surface area contributed by atoms with E-state index in [2.05, 4.69) is 0 Å². The summed E-state index contributed by atoms with van der Waals surface area (Å²) in [4.78, 5) is 24.1. The molecule has 1 aliphatic carbocycles. The normalized spacial score (nSPS) is 17.4. The molecule has 0 spiro atoms. The molecule has 1 aliphatic rings. The van der Waals surface area contributed by atoms with E-state index in [-0.39, 0.29) is 18.1 Å². The maximum Gasteiger partial charge on any atom is 0.371 e. The Morgan fingerprint density at radius 1 is 1.32 bits per heavy atom. The monoisotopic (exact) mass is 267 g/mol. The van der Waals surface area contributed by atoms with Crippen LogP contribution < -0.4 is 0 Å². The number of hydrogen-bond donors (Lipinski definition) is 2. The molecule has 2 rings (SSSR count). The third kappa shape index (κ3) is 2.96. The van der Waals surface area contributed by atoms with E-state index in [0.717, 1.165) is 12.8 Å². The van der Waals surface area contributed by atoms with E-state index in [4.69, 9.17) is 9.52 Å². The van der Waals surface area contributed by atoms with Crippen molar-refractivity contribution < 1.29 is 24.2 Å². The highest BCUT2D eigenvalue weighted by Crippen LogP contribution is 2.30. The van der Waals surface area contributed by atoms with Crippen molar-refractivity contribution in [2.45, 2.75) is 31.3 Å². The average Bonchev–Trinajstić information content (AvgIpc) is 2.97. The van der Waals surface area contributed by atoms with E-state index in [0.29, 0.717) is 12.8 Å². The van der Waals surface area contributed by atoms with Crippen LogP contribution in [0, 0.1) is 0 Å². The minimum atomic E-state index is -1.21. The van der Waals surface area contributed by atoms with E-state index < -0.39 is 17.5 Å². The molecule has 6 nitrogen and oxygen atoms in total. The number of carboxylic acid groups (broad SMARTS) is 1. The van der Waals surface area contributed by atoms with Crippen LogP contribution in [0.2, 0.25) is 0 Å². The molecule has 0 radical (unpaired) electrons. The van der Waals surface area contributed by atoms with Crippen molar-refractivity contribution in [1.82, 2.24) is 4.90 Å². The number of likely N-dealkylation sites (N-methyl/N-ethyl adjacent to an activating group) is 1. The van der Waals surface area contributed by atoms with Gasteiger partial charge in [-0.2, -0.15) is 0 Å². The maximum absolute atomic E-state index is 12.0. The first kappa shape index (κ1) is 13.6. The first-order valence-electron chi connectivity index (χ1n) is 6.22. The molecule has 19 heavy (non-hydrogen) atoms. The molecule has 1 aromatic rings. The standard InChI is InChI=1S/C13H17NO5/c1-14(8-13(18)6-2-3-7-13)11(15)9-4-5-10(19-9)12(16)17/h4-5,18H,2-3,6-8H2,1H3,(H,16,17). The minimum absolute atomic E-state index is 0.0264. The molecular weight excluding hydrogens is 250 g/mol. The van der Waals surface area contributed by atoms with E-state index in [9.17, 15) is 14.7 Å². The predicted octanol–water partition coefficient (Wildman–Crippen LogP) is 1.35. The molecule has 0 unspecified atom stereocenters. The van der Waals surface area contributed by atoms with Crippen LogP contribution in [0.1, 0.15) is 46.8 Å². The first-order valence-corrected chi connectivity index (χ1v) is 6.22. The molecule has 104 valence electrons. The van der Waals surface area contributed by atoms with Crippen molar-refractivity contribution in [2.75, 3.05) is 13.6 Å². The summed E-state index contributed by atoms with van der Waals surface area (Å²) in [5.41, 5.74) is -0.827. The van der Waals surface area contributed by atoms with Gasteiger partial charge in [-0.3, -0.25) is 4.79 Å². The number of carbonyl (C=O) groups is 2. The average molecular weight is 267 g/mol. The summed E-state index contributed by atoms with van der Waals surface area (Å²) in [5.74, 6) is -1.93. The van der Waals surface area contributed by atoms with E-state index in [1.165, 1.54) is 17.0 Å². The minimum Gasteiger partial charge on any atom is -0.475 e. The predicted molar refractivity (Wildman–Crippen MR) is 66.0 cm³/mol. The molecule has 2 N–H and O–H groups in total. The molecule has 0 aromatic carbocycles. The van der Waals surface area contributed by atoms with Gasteiger partial charge in [0.15, 0.2) is 5.76 Å². The van der Waals surface area contributed by atoms with Crippen molar-refractivity contribution in [3.05, 3.63) is 23.7 Å². The second-order valence-electron chi connectivity index (χ2n) is 5.06. The summed E-state index contributed by atoms with van der Waals surface area (Å²) in [6.45, 7) is 0.231. The van der Waals surface area contributed by atoms with Gasteiger partial charge in [0.25, 0.3) is 5.91 Å². The summed E-state index contributed by atoms with van der Waals surface area (Å²) in [5, 5.41) is 19.0. The smallest absolute Gasteiger partial charge is 0.371 e. The Hall–Kier alpha value is -1.82. The van der Waals surface area contributed by atoms with Gasteiger partial charge < -0.3 is 19.5 Å². The van der Waals surface area contributed by atoms with Crippen LogP contribution in [0.25, 0.3) is 0 Å². The third-order valence-corrected chi connectivity index (χ3v) is 3.44. The van der Waals surface area contributed by atoms with Crippen LogP contribution in [0.4, 0.5) is 0 Å². The van der Waals surface area contributed by atoms with Gasteiger partial charge in [-0.05, 0) is 25.0 Å². The van der Waals surface area contributed by atoms with Gasteiger partial charge in [-0.15, -0.1) is 0 Å². The molecule has 1 heterocycles. The molecular formula is C13H17NO5. The maximum atomic E-state index is 12.0. The van der Waals surface area contributed by atoms with Gasteiger partial charge in [0.05, 0.1) is 5.60 Å². The fraction of sp³-hybridized carbons (Fsp3) is 0.538. The van der Waals surface area contributed by atoms with Gasteiger partial charge in [0.1, 0.15) is 0 Å². The van der Waals surface area contributed by atoms with Gasteiger partial charge in [-0.25, -0.2) is 4.79 Å². The lowest BCUT2D eigenvalue weighted by molar-refractivity contribution is 0.0145. The number of rotatable bonds is 4. The fourth-order valence-electron chi connectivity index (χ4n) is 2.46. The number of carbonyl (C=O) groups excluding carboxylic acids is 1. The summed E-state index contributed by atoms with van der Waals surface area (Å²) >= 11 is 0. The van der Waals surface area contributed by atoms with Crippen molar-refractivity contribution in [2.24, 2.45) is 0 Å². The zero-order valence-corrected chi connectivity index (χ0v) is 10.8. The molecule has 6 heteroatoms. The number of hydrogen-bond acceptors (Lipinski definition) is 4. The van der Waals surface area contributed by atoms with Crippen LogP contribution in [0.5, 0.6) is 0 Å². The Labute approximate surface area is 110 Å². The highest BCUT2D eigenvalue weighted by Gasteiger charge is 2.34. The summed E-state index contributed by atoms with van der Waals surface area (Å²) in [6, 6.07) is 2.58. The number of nitrogens with zero attached hydrogens (tertiary/aromatic N) is 1. The Balaban J connectivity index is 2.03. The van der Waals surface area contributed by atoms with Crippen molar-refractivity contribution >= 4 is 11.9 Å². The van der Waals surface area contributed by atoms with E-state index in [1.807, 2.05) is 0 Å². The summed E-state index contributed by atoms with van der Waals surface area (Å²) in [7, 11) is 1.57. The van der Waals surface area contributed by atoms with Gasteiger partial charge in [0.2, 0.25) is 5.76 Å². The van der Waals surface area contributed by atoms with Gasteiger partial charge in [-0.1, -0.05) is 12.8 Å². The quantitative estimate of drug-likeness (QED) is 0.859.